The van der Waals surface area contributed by atoms with Crippen molar-refractivity contribution in [3.05, 3.63) is 23.8 Å². The molecular weight excluding hydrogens is 214 g/mol. The summed E-state index contributed by atoms with van der Waals surface area (Å²) < 4.78 is 11.0. The van der Waals surface area contributed by atoms with Crippen molar-refractivity contribution in [1.82, 2.24) is 5.32 Å². The van der Waals surface area contributed by atoms with Crippen molar-refractivity contribution in [2.45, 2.75) is 33.2 Å². The predicted molar refractivity (Wildman–Crippen MR) is 71.0 cm³/mol. The van der Waals surface area contributed by atoms with Gasteiger partial charge in [0.05, 0.1) is 7.11 Å². The Hall–Kier alpha value is -1.22. The van der Waals surface area contributed by atoms with E-state index in [2.05, 4.69) is 19.2 Å². The van der Waals surface area contributed by atoms with Crippen LogP contribution < -0.4 is 14.8 Å². The number of aryl methyl sites for hydroxylation is 1. The minimum atomic E-state index is 0.540. The van der Waals surface area contributed by atoms with E-state index >= 15 is 0 Å². The molecule has 0 radical (unpaired) electrons. The first-order valence-corrected chi connectivity index (χ1v) is 6.18. The maximum Gasteiger partial charge on any atom is 0.161 e. The summed E-state index contributed by atoms with van der Waals surface area (Å²) in [5, 5.41) is 3.39. The molecule has 0 amide bonds. The highest BCUT2D eigenvalue weighted by molar-refractivity contribution is 5.42. The number of ether oxygens (including phenoxy) is 2. The summed E-state index contributed by atoms with van der Waals surface area (Å²) in [6.07, 6.45) is 1.13. The highest BCUT2D eigenvalue weighted by atomic mass is 16.5. The summed E-state index contributed by atoms with van der Waals surface area (Å²) >= 11 is 0. The summed E-state index contributed by atoms with van der Waals surface area (Å²) in [6, 6.07) is 6.51. The summed E-state index contributed by atoms with van der Waals surface area (Å²) in [7, 11) is 1.67. The van der Waals surface area contributed by atoms with Crippen LogP contribution in [0.15, 0.2) is 18.2 Å². The molecule has 0 heterocycles. The Balaban J connectivity index is 2.41. The van der Waals surface area contributed by atoms with Crippen LogP contribution in [-0.4, -0.2) is 26.3 Å². The van der Waals surface area contributed by atoms with Gasteiger partial charge in [0.1, 0.15) is 6.61 Å². The first-order chi connectivity index (χ1) is 8.17. The molecule has 0 spiro atoms. The molecule has 17 heavy (non-hydrogen) atoms. The fraction of sp³-hybridized carbons (Fsp3) is 0.571. The topological polar surface area (TPSA) is 30.5 Å². The molecule has 0 aliphatic heterocycles. The molecule has 1 aromatic carbocycles. The third-order valence-electron chi connectivity index (χ3n) is 2.78. The number of rotatable bonds is 7. The van der Waals surface area contributed by atoms with Crippen LogP contribution >= 0.6 is 0 Å². The first kappa shape index (κ1) is 13.8. The maximum atomic E-state index is 5.69. The monoisotopic (exact) mass is 237 g/mol. The number of methoxy groups -OCH3 is 1. The summed E-state index contributed by atoms with van der Waals surface area (Å²) in [5.41, 5.74) is 1.17. The van der Waals surface area contributed by atoms with Gasteiger partial charge in [-0.05, 0) is 38.0 Å². The average molecular weight is 237 g/mol. The van der Waals surface area contributed by atoms with Crippen molar-refractivity contribution in [1.29, 1.82) is 0 Å². The van der Waals surface area contributed by atoms with E-state index < -0.39 is 0 Å². The molecule has 0 aliphatic carbocycles. The van der Waals surface area contributed by atoms with E-state index in [0.717, 1.165) is 24.5 Å². The minimum absolute atomic E-state index is 0.540. The van der Waals surface area contributed by atoms with E-state index in [1.165, 1.54) is 5.56 Å². The largest absolute Gasteiger partial charge is 0.493 e. The minimum Gasteiger partial charge on any atom is -0.493 e. The van der Waals surface area contributed by atoms with Gasteiger partial charge in [-0.1, -0.05) is 13.0 Å². The summed E-state index contributed by atoms with van der Waals surface area (Å²) in [4.78, 5) is 0. The lowest BCUT2D eigenvalue weighted by Crippen LogP contribution is -2.29. The molecule has 0 bridgehead atoms. The van der Waals surface area contributed by atoms with Crippen LogP contribution in [0.25, 0.3) is 0 Å². The zero-order valence-corrected chi connectivity index (χ0v) is 11.2. The van der Waals surface area contributed by atoms with Gasteiger partial charge < -0.3 is 14.8 Å². The lowest BCUT2D eigenvalue weighted by atomic mass is 10.2. The van der Waals surface area contributed by atoms with Crippen LogP contribution in [0.1, 0.15) is 25.8 Å². The highest BCUT2D eigenvalue weighted by Gasteiger charge is 2.04. The van der Waals surface area contributed by atoms with Crippen molar-refractivity contribution in [2.24, 2.45) is 0 Å². The number of hydrogen-bond donors (Lipinski definition) is 1. The second kappa shape index (κ2) is 7.17. The second-order valence-corrected chi connectivity index (χ2v) is 4.27. The van der Waals surface area contributed by atoms with E-state index in [1.807, 2.05) is 25.1 Å². The molecule has 0 saturated carbocycles. The van der Waals surface area contributed by atoms with Crippen LogP contribution in [0.3, 0.4) is 0 Å². The van der Waals surface area contributed by atoms with E-state index in [0.29, 0.717) is 12.6 Å². The zero-order valence-electron chi connectivity index (χ0n) is 11.2. The van der Waals surface area contributed by atoms with Crippen molar-refractivity contribution < 1.29 is 9.47 Å². The van der Waals surface area contributed by atoms with Gasteiger partial charge in [0.25, 0.3) is 0 Å². The third kappa shape index (κ3) is 4.65. The Morgan fingerprint density at radius 3 is 2.71 bits per heavy atom. The number of benzene rings is 1. The van der Waals surface area contributed by atoms with Gasteiger partial charge in [-0.2, -0.15) is 0 Å². The van der Waals surface area contributed by atoms with Crippen LogP contribution in [0.5, 0.6) is 11.5 Å². The maximum absolute atomic E-state index is 5.69. The number of nitrogens with one attached hydrogen (secondary N) is 1. The van der Waals surface area contributed by atoms with Gasteiger partial charge in [0, 0.05) is 12.6 Å². The van der Waals surface area contributed by atoms with E-state index in [-0.39, 0.29) is 0 Å². The Labute approximate surface area is 104 Å². The van der Waals surface area contributed by atoms with Gasteiger partial charge in [-0.15, -0.1) is 0 Å². The molecule has 1 N–H and O–H groups in total. The Morgan fingerprint density at radius 2 is 2.06 bits per heavy atom. The second-order valence-electron chi connectivity index (χ2n) is 4.27. The van der Waals surface area contributed by atoms with Crippen molar-refractivity contribution in [3.8, 4) is 11.5 Å². The van der Waals surface area contributed by atoms with Crippen molar-refractivity contribution in [2.75, 3.05) is 20.3 Å². The number of hydrogen-bond acceptors (Lipinski definition) is 3. The lowest BCUT2D eigenvalue weighted by Gasteiger charge is -2.14. The molecular formula is C14H23NO2. The molecule has 1 aromatic rings. The SMILES string of the molecule is CCC(C)NCCOc1ccc(C)cc1OC. The van der Waals surface area contributed by atoms with E-state index in [1.54, 1.807) is 7.11 Å². The van der Waals surface area contributed by atoms with Crippen LogP contribution in [0.4, 0.5) is 0 Å². The molecule has 1 unspecified atom stereocenters. The summed E-state index contributed by atoms with van der Waals surface area (Å²) in [5.74, 6) is 1.61. The van der Waals surface area contributed by atoms with E-state index in [4.69, 9.17) is 9.47 Å². The molecule has 0 saturated heterocycles. The van der Waals surface area contributed by atoms with Crippen LogP contribution in [0.2, 0.25) is 0 Å². The summed E-state index contributed by atoms with van der Waals surface area (Å²) in [6.45, 7) is 7.89. The van der Waals surface area contributed by atoms with Gasteiger partial charge in [0.15, 0.2) is 11.5 Å². The molecule has 0 aliphatic rings. The quantitative estimate of drug-likeness (QED) is 0.740. The molecule has 96 valence electrons. The fourth-order valence-corrected chi connectivity index (χ4v) is 1.50. The smallest absolute Gasteiger partial charge is 0.161 e. The standard InChI is InChI=1S/C14H23NO2/c1-5-12(3)15-8-9-17-13-7-6-11(2)10-14(13)16-4/h6-7,10,12,15H,5,8-9H2,1-4H3. The third-order valence-corrected chi connectivity index (χ3v) is 2.78. The van der Waals surface area contributed by atoms with Gasteiger partial charge in [-0.25, -0.2) is 0 Å². The van der Waals surface area contributed by atoms with Crippen molar-refractivity contribution >= 4 is 0 Å². The molecule has 1 rings (SSSR count). The van der Waals surface area contributed by atoms with Crippen molar-refractivity contribution in [3.63, 3.8) is 0 Å². The van der Waals surface area contributed by atoms with Gasteiger partial charge >= 0.3 is 0 Å². The predicted octanol–water partition coefficient (Wildman–Crippen LogP) is 2.77. The molecule has 3 heteroatoms. The average Bonchev–Trinajstić information content (AvgIpc) is 2.35. The van der Waals surface area contributed by atoms with Gasteiger partial charge in [-0.3, -0.25) is 0 Å². The zero-order chi connectivity index (χ0) is 12.7. The Morgan fingerprint density at radius 1 is 1.29 bits per heavy atom. The highest BCUT2D eigenvalue weighted by Crippen LogP contribution is 2.27. The fourth-order valence-electron chi connectivity index (χ4n) is 1.50. The van der Waals surface area contributed by atoms with E-state index in [9.17, 15) is 0 Å². The molecule has 0 aromatic heterocycles. The van der Waals surface area contributed by atoms with Gasteiger partial charge in [0.2, 0.25) is 0 Å². The lowest BCUT2D eigenvalue weighted by molar-refractivity contribution is 0.286. The molecule has 0 fully saturated rings. The Bertz CT molecular complexity index is 339. The molecule has 1 atom stereocenters. The molecule has 3 nitrogen and oxygen atoms in total. The normalized spacial score (nSPS) is 12.2. The van der Waals surface area contributed by atoms with Crippen LogP contribution in [0, 0.1) is 6.92 Å². The Kier molecular flexibility index (Phi) is 5.84. The van der Waals surface area contributed by atoms with Crippen LogP contribution in [-0.2, 0) is 0 Å². The first-order valence-electron chi connectivity index (χ1n) is 6.18.